The van der Waals surface area contributed by atoms with E-state index in [1.807, 2.05) is 0 Å². The van der Waals surface area contributed by atoms with E-state index in [1.165, 1.54) is 12.1 Å². The average Bonchev–Trinajstić information content (AvgIpc) is 2.83. The lowest BCUT2D eigenvalue weighted by Gasteiger charge is -2.25. The van der Waals surface area contributed by atoms with Crippen LogP contribution in [0.2, 0.25) is 10.0 Å². The minimum Gasteiger partial charge on any atom is -0.456 e. The van der Waals surface area contributed by atoms with Gasteiger partial charge >= 0.3 is 5.97 Å². The van der Waals surface area contributed by atoms with Crippen LogP contribution in [0.5, 0.6) is 0 Å². The van der Waals surface area contributed by atoms with Gasteiger partial charge < -0.3 is 4.74 Å². The summed E-state index contributed by atoms with van der Waals surface area (Å²) in [4.78, 5) is 51.0. The average molecular weight is 478 g/mol. The Labute approximate surface area is 184 Å². The lowest BCUT2D eigenvalue weighted by Crippen LogP contribution is -2.47. The fourth-order valence-corrected chi connectivity index (χ4v) is 3.64. The first-order chi connectivity index (χ1) is 13.6. The largest absolute Gasteiger partial charge is 0.456 e. The van der Waals surface area contributed by atoms with E-state index in [1.54, 1.807) is 20.8 Å². The van der Waals surface area contributed by atoms with Gasteiger partial charge in [-0.2, -0.15) is 0 Å². The molecular weight excluding hydrogens is 457 g/mol. The summed E-state index contributed by atoms with van der Waals surface area (Å²) in [6, 6.07) is 0.890. The maximum Gasteiger partial charge on any atom is 0.329 e. The first-order valence-electron chi connectivity index (χ1n) is 8.88. The second-order valence-corrected chi connectivity index (χ2v) is 11.1. The summed E-state index contributed by atoms with van der Waals surface area (Å²) >= 11 is 11.8. The van der Waals surface area contributed by atoms with Gasteiger partial charge in [-0.05, 0) is 18.6 Å². The molecule has 1 aliphatic heterocycles. The van der Waals surface area contributed by atoms with Crippen LogP contribution >= 0.6 is 23.2 Å². The van der Waals surface area contributed by atoms with Crippen molar-refractivity contribution in [3.8, 4) is 0 Å². The molecule has 1 aromatic rings. The number of imide groups is 1. The van der Waals surface area contributed by atoms with Crippen LogP contribution in [0.3, 0.4) is 0 Å². The quantitative estimate of drug-likeness (QED) is 0.437. The highest BCUT2D eigenvalue weighted by atomic mass is 35.5. The van der Waals surface area contributed by atoms with Crippen LogP contribution in [0.15, 0.2) is 12.1 Å². The minimum atomic E-state index is -3.52. The van der Waals surface area contributed by atoms with Crippen molar-refractivity contribution in [2.24, 2.45) is 5.41 Å². The van der Waals surface area contributed by atoms with Crippen LogP contribution in [0, 0.1) is 5.41 Å². The molecule has 0 saturated carbocycles. The van der Waals surface area contributed by atoms with Gasteiger partial charge in [0.25, 0.3) is 11.8 Å². The van der Waals surface area contributed by atoms with Crippen molar-refractivity contribution in [1.82, 2.24) is 4.90 Å². The molecule has 0 aliphatic carbocycles. The highest BCUT2D eigenvalue weighted by Crippen LogP contribution is 2.33. The lowest BCUT2D eigenvalue weighted by atomic mass is 9.91. The van der Waals surface area contributed by atoms with E-state index < -0.39 is 51.4 Å². The predicted molar refractivity (Wildman–Crippen MR) is 110 cm³/mol. The number of fused-ring (bicyclic) bond motifs is 1. The van der Waals surface area contributed by atoms with Crippen molar-refractivity contribution in [3.63, 3.8) is 0 Å². The van der Waals surface area contributed by atoms with Crippen molar-refractivity contribution in [2.75, 3.05) is 18.6 Å². The number of ether oxygens (including phenoxy) is 1. The molecule has 1 heterocycles. The van der Waals surface area contributed by atoms with Gasteiger partial charge in [0.1, 0.15) is 15.9 Å². The topological polar surface area (TPSA) is 115 Å². The second kappa shape index (κ2) is 8.64. The van der Waals surface area contributed by atoms with Crippen LogP contribution in [-0.2, 0) is 24.2 Å². The van der Waals surface area contributed by atoms with Crippen LogP contribution in [0.25, 0.3) is 0 Å². The SMILES string of the molecule is CC(C)(C)C(=O)COC(=O)C(CCS(C)(=O)=O)N1C(=O)c2cc(Cl)c(Cl)cc2C1=O. The number of amides is 2. The molecule has 0 fully saturated rings. The summed E-state index contributed by atoms with van der Waals surface area (Å²) in [5.74, 6) is -3.56. The molecule has 164 valence electrons. The number of sulfone groups is 1. The highest BCUT2D eigenvalue weighted by Gasteiger charge is 2.44. The number of carbonyl (C=O) groups is 4. The number of esters is 1. The molecule has 11 heteroatoms. The Bertz CT molecular complexity index is 987. The molecule has 1 atom stereocenters. The third kappa shape index (κ3) is 5.39. The number of nitrogens with zero attached hydrogens (tertiary/aromatic N) is 1. The molecule has 0 aromatic heterocycles. The van der Waals surface area contributed by atoms with Crippen LogP contribution < -0.4 is 0 Å². The number of benzene rings is 1. The predicted octanol–water partition coefficient (Wildman–Crippen LogP) is 2.55. The zero-order chi connectivity index (χ0) is 23.0. The van der Waals surface area contributed by atoms with Crippen molar-refractivity contribution in [2.45, 2.75) is 33.2 Å². The van der Waals surface area contributed by atoms with Crippen molar-refractivity contribution < 1.29 is 32.3 Å². The standard InChI is InChI=1S/C19H21Cl2NO7S/c1-19(2,3)15(23)9-29-18(26)14(5-6-30(4,27)28)22-16(24)10-7-12(20)13(21)8-11(10)17(22)25/h7-8,14H,5-6,9H2,1-4H3. The first-order valence-corrected chi connectivity index (χ1v) is 11.7. The number of carbonyl (C=O) groups excluding carboxylic acids is 4. The molecule has 0 N–H and O–H groups in total. The van der Waals surface area contributed by atoms with Crippen molar-refractivity contribution >= 4 is 56.6 Å². The molecular formula is C19H21Cl2NO7S. The molecule has 8 nitrogen and oxygen atoms in total. The van der Waals surface area contributed by atoms with Crippen molar-refractivity contribution in [1.29, 1.82) is 0 Å². The molecule has 2 rings (SSSR count). The summed E-state index contributed by atoms with van der Waals surface area (Å²) in [7, 11) is -3.52. The third-order valence-corrected chi connectivity index (χ3v) is 6.19. The fourth-order valence-electron chi connectivity index (χ4n) is 2.66. The summed E-state index contributed by atoms with van der Waals surface area (Å²) in [5.41, 5.74) is -0.888. The van der Waals surface area contributed by atoms with E-state index >= 15 is 0 Å². The van der Waals surface area contributed by atoms with E-state index in [2.05, 4.69) is 0 Å². The molecule has 0 saturated heterocycles. The molecule has 0 bridgehead atoms. The number of rotatable bonds is 7. The van der Waals surface area contributed by atoms with Crippen molar-refractivity contribution in [3.05, 3.63) is 33.3 Å². The van der Waals surface area contributed by atoms with Gasteiger partial charge in [-0.15, -0.1) is 0 Å². The summed E-state index contributed by atoms with van der Waals surface area (Å²) in [5, 5.41) is 0.0916. The first kappa shape index (κ1) is 24.3. The van der Waals surface area contributed by atoms with E-state index in [9.17, 15) is 27.6 Å². The zero-order valence-electron chi connectivity index (χ0n) is 16.8. The minimum absolute atomic E-state index is 0.0458. The maximum atomic E-state index is 12.8. The van der Waals surface area contributed by atoms with E-state index in [0.29, 0.717) is 4.90 Å². The van der Waals surface area contributed by atoms with E-state index in [4.69, 9.17) is 27.9 Å². The molecule has 0 spiro atoms. The van der Waals surface area contributed by atoms with Gasteiger partial charge in [-0.1, -0.05) is 44.0 Å². The van der Waals surface area contributed by atoms with Gasteiger partial charge in [-0.25, -0.2) is 13.2 Å². The number of halogens is 2. The smallest absolute Gasteiger partial charge is 0.329 e. The molecule has 1 aliphatic rings. The van der Waals surface area contributed by atoms with Gasteiger partial charge in [0, 0.05) is 11.7 Å². The monoisotopic (exact) mass is 477 g/mol. The summed E-state index contributed by atoms with van der Waals surface area (Å²) in [6.07, 6.45) is 0.578. The molecule has 1 aromatic carbocycles. The van der Waals surface area contributed by atoms with Crippen LogP contribution in [0.4, 0.5) is 0 Å². The number of hydrogen-bond acceptors (Lipinski definition) is 7. The highest BCUT2D eigenvalue weighted by molar-refractivity contribution is 7.90. The van der Waals surface area contributed by atoms with Gasteiger partial charge in [-0.3, -0.25) is 19.3 Å². The maximum absolute atomic E-state index is 12.8. The zero-order valence-corrected chi connectivity index (χ0v) is 19.2. The van der Waals surface area contributed by atoms with Crippen LogP contribution in [0.1, 0.15) is 47.9 Å². The van der Waals surface area contributed by atoms with E-state index in [0.717, 1.165) is 6.26 Å². The Balaban J connectivity index is 2.35. The number of Topliss-reactive ketones (excluding diaryl/α,β-unsaturated/α-hetero) is 1. The second-order valence-electron chi connectivity index (χ2n) is 8.01. The Hall–Kier alpha value is -1.97. The van der Waals surface area contributed by atoms with Gasteiger partial charge in [0.15, 0.2) is 12.4 Å². The molecule has 2 amide bonds. The molecule has 30 heavy (non-hydrogen) atoms. The Morgan fingerprint density at radius 1 is 1.07 bits per heavy atom. The van der Waals surface area contributed by atoms with Gasteiger partial charge in [0.05, 0.1) is 26.9 Å². The van der Waals surface area contributed by atoms with Crippen LogP contribution in [-0.4, -0.2) is 61.5 Å². The normalized spacial score (nSPS) is 15.2. The van der Waals surface area contributed by atoms with Gasteiger partial charge in [0.2, 0.25) is 0 Å². The summed E-state index contributed by atoms with van der Waals surface area (Å²) < 4.78 is 28.3. The number of hydrogen-bond donors (Lipinski definition) is 0. The van der Waals surface area contributed by atoms with E-state index in [-0.39, 0.29) is 33.4 Å². The lowest BCUT2D eigenvalue weighted by molar-refractivity contribution is -0.153. The third-order valence-electron chi connectivity index (χ3n) is 4.49. The Morgan fingerprint density at radius 2 is 1.53 bits per heavy atom. The Morgan fingerprint density at radius 3 is 1.93 bits per heavy atom. The molecule has 1 unspecified atom stereocenters. The fraction of sp³-hybridized carbons (Fsp3) is 0.474. The number of ketones is 1. The Kier molecular flexibility index (Phi) is 7.00. The summed E-state index contributed by atoms with van der Waals surface area (Å²) in [6.45, 7) is 4.35. The molecule has 0 radical (unpaired) electrons.